The van der Waals surface area contributed by atoms with E-state index in [9.17, 15) is 18.8 Å². The van der Waals surface area contributed by atoms with Gasteiger partial charge >= 0.3 is 0 Å². The van der Waals surface area contributed by atoms with Gasteiger partial charge in [0.1, 0.15) is 22.5 Å². The Morgan fingerprint density at radius 3 is 2.59 bits per heavy atom. The Balaban J connectivity index is 1.58. The lowest BCUT2D eigenvalue weighted by molar-refractivity contribution is -0.128. The number of nitrogens with one attached hydrogen (secondary N) is 2. The minimum absolute atomic E-state index is 0.304. The SMILES string of the molecule is COc1cccc(C(=O)[C@H]2[C@]3(C(=O)Nc4ccccc43)[C@@H]3CCCN3[C@@]23C(=O)Nc2ccc(F)cc23)c1. The zero-order valence-electron chi connectivity index (χ0n) is 20.1. The van der Waals surface area contributed by atoms with E-state index in [0.717, 1.165) is 6.42 Å². The molecule has 0 unspecified atom stereocenters. The maximum absolute atomic E-state index is 14.8. The lowest BCUT2D eigenvalue weighted by atomic mass is 9.60. The topological polar surface area (TPSA) is 87.7 Å². The van der Waals surface area contributed by atoms with E-state index in [1.807, 2.05) is 29.2 Å². The van der Waals surface area contributed by atoms with Crippen LogP contribution in [0.25, 0.3) is 0 Å². The summed E-state index contributed by atoms with van der Waals surface area (Å²) < 4.78 is 20.1. The number of nitrogens with zero attached hydrogens (tertiary/aromatic N) is 1. The van der Waals surface area contributed by atoms with Crippen molar-refractivity contribution in [2.45, 2.75) is 29.8 Å². The normalized spacial score (nSPS) is 29.2. The van der Waals surface area contributed by atoms with Gasteiger partial charge in [0.25, 0.3) is 0 Å². The third kappa shape index (κ3) is 2.56. The van der Waals surface area contributed by atoms with Gasteiger partial charge in [0.15, 0.2) is 5.78 Å². The highest BCUT2D eigenvalue weighted by Crippen LogP contribution is 2.66. The number of amides is 2. The van der Waals surface area contributed by atoms with Crippen LogP contribution in [0.3, 0.4) is 0 Å². The van der Waals surface area contributed by atoms with Crippen LogP contribution in [0.2, 0.25) is 0 Å². The van der Waals surface area contributed by atoms with Gasteiger partial charge in [0.05, 0.1) is 13.0 Å². The number of hydrogen-bond acceptors (Lipinski definition) is 5. The van der Waals surface area contributed by atoms with Crippen LogP contribution in [-0.4, -0.2) is 42.2 Å². The number of para-hydroxylation sites is 1. The number of anilines is 2. The van der Waals surface area contributed by atoms with Crippen LogP contribution in [0.5, 0.6) is 5.75 Å². The molecule has 186 valence electrons. The lowest BCUT2D eigenvalue weighted by Gasteiger charge is -2.38. The monoisotopic (exact) mass is 497 g/mol. The summed E-state index contributed by atoms with van der Waals surface area (Å²) in [5, 5.41) is 5.93. The summed E-state index contributed by atoms with van der Waals surface area (Å²) in [6.45, 7) is 0.507. The molecule has 0 aliphatic carbocycles. The van der Waals surface area contributed by atoms with E-state index in [4.69, 9.17) is 4.74 Å². The van der Waals surface area contributed by atoms with Crippen LogP contribution in [0, 0.1) is 11.7 Å². The van der Waals surface area contributed by atoms with Gasteiger partial charge in [-0.25, -0.2) is 4.39 Å². The maximum atomic E-state index is 14.8. The first-order valence-corrected chi connectivity index (χ1v) is 12.4. The van der Waals surface area contributed by atoms with E-state index < -0.39 is 34.6 Å². The molecular formula is C29H24FN3O4. The third-order valence-corrected chi connectivity index (χ3v) is 8.70. The fourth-order valence-electron chi connectivity index (χ4n) is 7.46. The second-order valence-electron chi connectivity index (χ2n) is 10.2. The molecule has 2 spiro atoms. The second kappa shape index (κ2) is 7.49. The summed E-state index contributed by atoms with van der Waals surface area (Å²) in [7, 11) is 1.52. The van der Waals surface area contributed by atoms with Crippen molar-refractivity contribution in [1.82, 2.24) is 4.90 Å². The first-order chi connectivity index (χ1) is 17.9. The maximum Gasteiger partial charge on any atom is 0.250 e. The van der Waals surface area contributed by atoms with Crippen LogP contribution >= 0.6 is 0 Å². The van der Waals surface area contributed by atoms with Crippen molar-refractivity contribution in [3.05, 3.63) is 89.2 Å². The molecule has 3 aromatic rings. The molecule has 7 rings (SSSR count). The number of benzene rings is 3. The molecule has 0 bridgehead atoms. The van der Waals surface area contributed by atoms with E-state index in [1.165, 1.54) is 25.3 Å². The zero-order chi connectivity index (χ0) is 25.5. The van der Waals surface area contributed by atoms with Crippen molar-refractivity contribution in [2.24, 2.45) is 5.92 Å². The third-order valence-electron chi connectivity index (χ3n) is 8.70. The summed E-state index contributed by atoms with van der Waals surface area (Å²) in [6.07, 6.45) is 1.38. The molecule has 4 heterocycles. The minimum Gasteiger partial charge on any atom is -0.497 e. The van der Waals surface area contributed by atoms with Gasteiger partial charge in [-0.05, 0) is 61.3 Å². The average molecular weight is 498 g/mol. The van der Waals surface area contributed by atoms with Gasteiger partial charge in [-0.15, -0.1) is 0 Å². The minimum atomic E-state index is -1.55. The van der Waals surface area contributed by atoms with E-state index in [-0.39, 0.29) is 11.7 Å². The molecule has 2 saturated heterocycles. The first-order valence-electron chi connectivity index (χ1n) is 12.4. The number of rotatable bonds is 3. The van der Waals surface area contributed by atoms with E-state index in [2.05, 4.69) is 10.6 Å². The fraction of sp³-hybridized carbons (Fsp3) is 0.276. The van der Waals surface area contributed by atoms with Crippen molar-refractivity contribution >= 4 is 29.0 Å². The molecule has 2 fully saturated rings. The highest BCUT2D eigenvalue weighted by molar-refractivity contribution is 6.18. The van der Waals surface area contributed by atoms with E-state index >= 15 is 0 Å². The van der Waals surface area contributed by atoms with Crippen LogP contribution in [-0.2, 0) is 20.5 Å². The molecule has 4 atom stereocenters. The van der Waals surface area contributed by atoms with Gasteiger partial charge in [-0.2, -0.15) is 0 Å². The number of carbonyl (C=O) groups is 3. The van der Waals surface area contributed by atoms with Crippen LogP contribution < -0.4 is 15.4 Å². The largest absolute Gasteiger partial charge is 0.497 e. The second-order valence-corrected chi connectivity index (χ2v) is 10.2. The molecule has 3 aromatic carbocycles. The number of fused-ring (bicyclic) bond motifs is 7. The standard InChI is InChI=1S/C29H24FN3O4/c1-37-18-7-4-6-16(14-18)24(34)25-28(19-8-2-3-9-21(19)31-26(28)35)23-10-5-13-33(23)29(25)20-15-17(30)11-12-22(20)32-27(29)36/h2-4,6-9,11-12,14-15,23,25H,5,10,13H2,1H3,(H,31,35)(H,32,36)/t23-,25-,28+,29+/m0/s1. The Morgan fingerprint density at radius 1 is 0.973 bits per heavy atom. The number of hydrogen-bond donors (Lipinski definition) is 2. The summed E-state index contributed by atoms with van der Waals surface area (Å²) >= 11 is 0. The Bertz CT molecular complexity index is 1520. The Hall–Kier alpha value is -4.04. The van der Waals surface area contributed by atoms with Gasteiger partial charge < -0.3 is 15.4 Å². The number of methoxy groups -OCH3 is 1. The van der Waals surface area contributed by atoms with Crippen molar-refractivity contribution in [2.75, 3.05) is 24.3 Å². The fourth-order valence-corrected chi connectivity index (χ4v) is 7.46. The summed E-state index contributed by atoms with van der Waals surface area (Å²) in [5.74, 6) is -2.21. The average Bonchev–Trinajstić information content (AvgIpc) is 3.63. The van der Waals surface area contributed by atoms with Crippen molar-refractivity contribution < 1.29 is 23.5 Å². The number of Topliss-reactive ketones (excluding diaryl/α,β-unsaturated/α-hetero) is 1. The zero-order valence-corrected chi connectivity index (χ0v) is 20.1. The highest BCUT2D eigenvalue weighted by atomic mass is 19.1. The molecule has 0 saturated carbocycles. The number of ketones is 1. The first kappa shape index (κ1) is 22.2. The van der Waals surface area contributed by atoms with Crippen molar-refractivity contribution in [1.29, 1.82) is 0 Å². The summed E-state index contributed by atoms with van der Waals surface area (Å²) in [4.78, 5) is 45.1. The van der Waals surface area contributed by atoms with Crippen molar-refractivity contribution in [3.8, 4) is 5.75 Å². The number of carbonyl (C=O) groups excluding carboxylic acids is 3. The molecule has 0 aromatic heterocycles. The molecule has 0 radical (unpaired) electrons. The lowest BCUT2D eigenvalue weighted by Crippen LogP contribution is -2.55. The Labute approximate surface area is 212 Å². The molecule has 4 aliphatic rings. The quantitative estimate of drug-likeness (QED) is 0.537. The van der Waals surface area contributed by atoms with E-state index in [0.29, 0.717) is 46.8 Å². The molecule has 37 heavy (non-hydrogen) atoms. The van der Waals surface area contributed by atoms with Crippen LogP contribution in [0.15, 0.2) is 66.7 Å². The Kier molecular flexibility index (Phi) is 4.49. The predicted octanol–water partition coefficient (Wildman–Crippen LogP) is 3.85. The van der Waals surface area contributed by atoms with Crippen LogP contribution in [0.4, 0.5) is 15.8 Å². The van der Waals surface area contributed by atoms with Crippen LogP contribution in [0.1, 0.15) is 34.3 Å². The molecular weight excluding hydrogens is 473 g/mol. The smallest absolute Gasteiger partial charge is 0.250 e. The molecule has 2 N–H and O–H groups in total. The molecule has 2 amide bonds. The van der Waals surface area contributed by atoms with Crippen molar-refractivity contribution in [3.63, 3.8) is 0 Å². The molecule has 8 heteroatoms. The van der Waals surface area contributed by atoms with E-state index in [1.54, 1.807) is 24.3 Å². The molecule has 4 aliphatic heterocycles. The summed E-state index contributed by atoms with van der Waals surface area (Å²) in [5.41, 5.74) is -0.347. The van der Waals surface area contributed by atoms with Gasteiger partial charge in [-0.1, -0.05) is 30.3 Å². The summed E-state index contributed by atoms with van der Waals surface area (Å²) in [6, 6.07) is 17.9. The Morgan fingerprint density at radius 2 is 1.76 bits per heavy atom. The highest BCUT2D eigenvalue weighted by Gasteiger charge is 2.78. The number of halogens is 1. The predicted molar refractivity (Wildman–Crippen MR) is 134 cm³/mol. The number of ether oxygens (including phenoxy) is 1. The van der Waals surface area contributed by atoms with Gasteiger partial charge in [-0.3, -0.25) is 19.3 Å². The van der Waals surface area contributed by atoms with Gasteiger partial charge in [0.2, 0.25) is 11.8 Å². The molecule has 7 nitrogen and oxygen atoms in total. The van der Waals surface area contributed by atoms with Gasteiger partial charge in [0, 0.05) is 28.5 Å².